The van der Waals surface area contributed by atoms with Crippen LogP contribution in [-0.4, -0.2) is 0 Å². The number of thiophene rings is 1. The Morgan fingerprint density at radius 3 is 2.89 bits per heavy atom. The van der Waals surface area contributed by atoms with Crippen LogP contribution in [0.2, 0.25) is 0 Å². The van der Waals surface area contributed by atoms with Gasteiger partial charge in [-0.2, -0.15) is 0 Å². The van der Waals surface area contributed by atoms with Crippen molar-refractivity contribution in [1.29, 1.82) is 0 Å². The minimum Gasteiger partial charge on any atom is -0.489 e. The molecule has 0 aliphatic rings. The largest absolute Gasteiger partial charge is 0.489 e. The van der Waals surface area contributed by atoms with Crippen molar-refractivity contribution in [3.05, 3.63) is 59.2 Å². The Balaban J connectivity index is 1.82. The number of anilines is 1. The van der Waals surface area contributed by atoms with Gasteiger partial charge in [-0.25, -0.2) is 4.39 Å². The van der Waals surface area contributed by atoms with Crippen molar-refractivity contribution in [3.63, 3.8) is 0 Å². The lowest BCUT2D eigenvalue weighted by Crippen LogP contribution is -1.94. The topological polar surface area (TPSA) is 35.2 Å². The van der Waals surface area contributed by atoms with Crippen LogP contribution in [0.5, 0.6) is 5.75 Å². The van der Waals surface area contributed by atoms with Gasteiger partial charge in [-0.3, -0.25) is 0 Å². The zero-order chi connectivity index (χ0) is 13.2. The maximum Gasteiger partial charge on any atom is 0.126 e. The average Bonchev–Trinajstić information content (AvgIpc) is 2.78. The SMILES string of the molecule is Nc1ccc2c(COc3cccc(F)c3)csc2c1. The summed E-state index contributed by atoms with van der Waals surface area (Å²) < 4.78 is 19.8. The monoisotopic (exact) mass is 273 g/mol. The molecule has 0 unspecified atom stereocenters. The van der Waals surface area contributed by atoms with Crippen molar-refractivity contribution >= 4 is 27.1 Å². The van der Waals surface area contributed by atoms with E-state index in [4.69, 9.17) is 10.5 Å². The summed E-state index contributed by atoms with van der Waals surface area (Å²) >= 11 is 1.63. The number of nitrogen functional groups attached to an aromatic ring is 1. The van der Waals surface area contributed by atoms with E-state index in [1.54, 1.807) is 23.5 Å². The van der Waals surface area contributed by atoms with Gasteiger partial charge in [-0.15, -0.1) is 11.3 Å². The molecule has 3 rings (SSSR count). The second kappa shape index (κ2) is 4.90. The third-order valence-corrected chi connectivity index (χ3v) is 3.86. The molecule has 0 amide bonds. The molecule has 1 heterocycles. The third-order valence-electron chi connectivity index (χ3n) is 2.87. The first-order valence-corrected chi connectivity index (χ1v) is 6.74. The van der Waals surface area contributed by atoms with Crippen LogP contribution in [0, 0.1) is 5.82 Å². The van der Waals surface area contributed by atoms with Crippen molar-refractivity contribution in [3.8, 4) is 5.75 Å². The summed E-state index contributed by atoms with van der Waals surface area (Å²) in [4.78, 5) is 0. The fourth-order valence-electron chi connectivity index (χ4n) is 1.93. The van der Waals surface area contributed by atoms with Gasteiger partial charge in [0.25, 0.3) is 0 Å². The number of halogens is 1. The van der Waals surface area contributed by atoms with Crippen LogP contribution in [0.1, 0.15) is 5.56 Å². The number of benzene rings is 2. The van der Waals surface area contributed by atoms with Gasteiger partial charge in [-0.1, -0.05) is 12.1 Å². The molecule has 0 atom stereocenters. The molecule has 2 nitrogen and oxygen atoms in total. The van der Waals surface area contributed by atoms with Crippen molar-refractivity contribution in [2.75, 3.05) is 5.73 Å². The molecule has 0 saturated carbocycles. The fourth-order valence-corrected chi connectivity index (χ4v) is 2.92. The van der Waals surface area contributed by atoms with E-state index in [9.17, 15) is 4.39 Å². The van der Waals surface area contributed by atoms with Crippen molar-refractivity contribution < 1.29 is 9.13 Å². The Bertz CT molecular complexity index is 723. The first-order valence-electron chi connectivity index (χ1n) is 5.86. The summed E-state index contributed by atoms with van der Waals surface area (Å²) in [5.74, 6) is 0.246. The molecule has 0 aliphatic heterocycles. The molecule has 0 aliphatic carbocycles. The standard InChI is InChI=1S/C15H12FNOS/c16-11-2-1-3-13(6-11)18-8-10-9-19-15-7-12(17)4-5-14(10)15/h1-7,9H,8,17H2. The summed E-state index contributed by atoms with van der Waals surface area (Å²) in [5, 5.41) is 3.18. The van der Waals surface area contributed by atoms with E-state index in [0.29, 0.717) is 12.4 Å². The van der Waals surface area contributed by atoms with E-state index in [2.05, 4.69) is 0 Å². The van der Waals surface area contributed by atoms with Gasteiger partial charge < -0.3 is 10.5 Å². The van der Waals surface area contributed by atoms with E-state index in [1.165, 1.54) is 12.1 Å². The number of ether oxygens (including phenoxy) is 1. The summed E-state index contributed by atoms with van der Waals surface area (Å²) in [7, 11) is 0. The molecule has 96 valence electrons. The summed E-state index contributed by atoms with van der Waals surface area (Å²) in [6, 6.07) is 12.0. The molecule has 1 aromatic heterocycles. The average molecular weight is 273 g/mol. The molecule has 4 heteroatoms. The lowest BCUT2D eigenvalue weighted by molar-refractivity contribution is 0.306. The molecule has 2 N–H and O–H groups in total. The predicted octanol–water partition coefficient (Wildman–Crippen LogP) is 4.20. The van der Waals surface area contributed by atoms with E-state index >= 15 is 0 Å². The number of fused-ring (bicyclic) bond motifs is 1. The van der Waals surface area contributed by atoms with Crippen LogP contribution < -0.4 is 10.5 Å². The smallest absolute Gasteiger partial charge is 0.126 e. The van der Waals surface area contributed by atoms with E-state index < -0.39 is 0 Å². The van der Waals surface area contributed by atoms with E-state index in [-0.39, 0.29) is 5.82 Å². The second-order valence-electron chi connectivity index (χ2n) is 4.26. The lowest BCUT2D eigenvalue weighted by Gasteiger charge is -2.05. The Labute approximate surface area is 114 Å². The van der Waals surface area contributed by atoms with E-state index in [0.717, 1.165) is 21.3 Å². The van der Waals surface area contributed by atoms with Gasteiger partial charge >= 0.3 is 0 Å². The maximum atomic E-state index is 13.0. The zero-order valence-electron chi connectivity index (χ0n) is 10.1. The quantitative estimate of drug-likeness (QED) is 0.726. The zero-order valence-corrected chi connectivity index (χ0v) is 10.9. The molecule has 0 saturated heterocycles. The molecule has 0 bridgehead atoms. The molecule has 3 aromatic rings. The highest BCUT2D eigenvalue weighted by molar-refractivity contribution is 7.17. The fraction of sp³-hybridized carbons (Fsp3) is 0.0667. The number of rotatable bonds is 3. The third kappa shape index (κ3) is 2.53. The summed E-state index contributed by atoms with van der Waals surface area (Å²) in [5.41, 5.74) is 7.59. The highest BCUT2D eigenvalue weighted by Crippen LogP contribution is 2.28. The first-order chi connectivity index (χ1) is 9.22. The lowest BCUT2D eigenvalue weighted by atomic mass is 10.2. The first kappa shape index (κ1) is 12.0. The van der Waals surface area contributed by atoms with Crippen molar-refractivity contribution in [1.82, 2.24) is 0 Å². The molecule has 19 heavy (non-hydrogen) atoms. The Kier molecular flexibility index (Phi) is 3.09. The Hall–Kier alpha value is -2.07. The van der Waals surface area contributed by atoms with Gasteiger partial charge in [0.2, 0.25) is 0 Å². The van der Waals surface area contributed by atoms with Gasteiger partial charge in [0.05, 0.1) is 0 Å². The molecule has 0 spiro atoms. The van der Waals surface area contributed by atoms with Crippen molar-refractivity contribution in [2.24, 2.45) is 0 Å². The predicted molar refractivity (Wildman–Crippen MR) is 77.0 cm³/mol. The van der Waals surface area contributed by atoms with Gasteiger partial charge in [-0.05, 0) is 35.0 Å². The minimum absolute atomic E-state index is 0.291. The van der Waals surface area contributed by atoms with Crippen LogP contribution in [-0.2, 0) is 6.61 Å². The van der Waals surface area contributed by atoms with Crippen molar-refractivity contribution in [2.45, 2.75) is 6.61 Å². The van der Waals surface area contributed by atoms with Crippen LogP contribution in [0.4, 0.5) is 10.1 Å². The van der Waals surface area contributed by atoms with Gasteiger partial charge in [0, 0.05) is 22.0 Å². The number of nitrogens with two attached hydrogens (primary N) is 1. The molecule has 2 aromatic carbocycles. The molecular formula is C15H12FNOS. The highest BCUT2D eigenvalue weighted by atomic mass is 32.1. The van der Waals surface area contributed by atoms with Crippen LogP contribution in [0.3, 0.4) is 0 Å². The summed E-state index contributed by atoms with van der Waals surface area (Å²) in [6.45, 7) is 0.424. The van der Waals surface area contributed by atoms with Gasteiger partial charge in [0.15, 0.2) is 0 Å². The second-order valence-corrected chi connectivity index (χ2v) is 5.17. The Morgan fingerprint density at radius 2 is 2.05 bits per heavy atom. The van der Waals surface area contributed by atoms with Crippen LogP contribution in [0.15, 0.2) is 47.8 Å². The molecular weight excluding hydrogens is 261 g/mol. The van der Waals surface area contributed by atoms with Crippen LogP contribution in [0.25, 0.3) is 10.1 Å². The molecule has 0 fully saturated rings. The number of hydrogen-bond donors (Lipinski definition) is 1. The minimum atomic E-state index is -0.291. The normalized spacial score (nSPS) is 10.8. The maximum absolute atomic E-state index is 13.0. The number of hydrogen-bond acceptors (Lipinski definition) is 3. The van der Waals surface area contributed by atoms with Gasteiger partial charge in [0.1, 0.15) is 18.2 Å². The molecule has 0 radical (unpaired) electrons. The van der Waals surface area contributed by atoms with E-state index in [1.807, 2.05) is 23.6 Å². The Morgan fingerprint density at radius 1 is 1.16 bits per heavy atom. The van der Waals surface area contributed by atoms with Crippen LogP contribution >= 0.6 is 11.3 Å². The highest BCUT2D eigenvalue weighted by Gasteiger charge is 2.05. The summed E-state index contributed by atoms with van der Waals surface area (Å²) in [6.07, 6.45) is 0.